The van der Waals surface area contributed by atoms with Crippen molar-refractivity contribution < 1.29 is 9.59 Å². The summed E-state index contributed by atoms with van der Waals surface area (Å²) >= 11 is 7.55. The summed E-state index contributed by atoms with van der Waals surface area (Å²) in [5.74, 6) is 0.135. The van der Waals surface area contributed by atoms with Gasteiger partial charge in [0.15, 0.2) is 0 Å². The average molecular weight is 414 g/mol. The number of hydrogen-bond donors (Lipinski definition) is 2. The van der Waals surface area contributed by atoms with Crippen LogP contribution >= 0.6 is 23.4 Å². The first kappa shape index (κ1) is 18.9. The van der Waals surface area contributed by atoms with E-state index >= 15 is 0 Å². The molecule has 0 atom stereocenters. The Bertz CT molecular complexity index is 954. The van der Waals surface area contributed by atoms with Gasteiger partial charge in [-0.1, -0.05) is 29.8 Å². The van der Waals surface area contributed by atoms with Crippen LogP contribution in [0.3, 0.4) is 0 Å². The lowest BCUT2D eigenvalue weighted by Gasteiger charge is -2.50. The first-order valence-electron chi connectivity index (χ1n) is 9.06. The van der Waals surface area contributed by atoms with Crippen LogP contribution in [0.25, 0.3) is 0 Å². The number of amides is 2. The first-order chi connectivity index (χ1) is 13.5. The third-order valence-electron chi connectivity index (χ3n) is 5.41. The topological polar surface area (TPSA) is 75.4 Å². The maximum atomic E-state index is 12.4. The van der Waals surface area contributed by atoms with Crippen LogP contribution < -0.4 is 11.1 Å². The Morgan fingerprint density at radius 1 is 1.14 bits per heavy atom. The number of benzene rings is 2. The molecule has 28 heavy (non-hydrogen) atoms. The van der Waals surface area contributed by atoms with Crippen LogP contribution in [0, 0.1) is 0 Å². The number of nitrogens with zero attached hydrogens (tertiary/aromatic N) is 1. The Kier molecular flexibility index (Phi) is 5.08. The lowest BCUT2D eigenvalue weighted by Crippen LogP contribution is -2.51. The second kappa shape index (κ2) is 7.53. The van der Waals surface area contributed by atoms with Crippen LogP contribution in [-0.2, 0) is 10.3 Å². The summed E-state index contributed by atoms with van der Waals surface area (Å²) in [6.07, 6.45) is 3.07. The van der Waals surface area contributed by atoms with Crippen molar-refractivity contribution in [2.75, 3.05) is 11.2 Å². The number of nitrogens with two attached hydrogens (primary N) is 1. The first-order valence-corrected chi connectivity index (χ1v) is 10.5. The van der Waals surface area contributed by atoms with E-state index in [1.165, 1.54) is 0 Å². The van der Waals surface area contributed by atoms with Crippen LogP contribution in [0.15, 0.2) is 59.6 Å². The van der Waals surface area contributed by atoms with Crippen molar-refractivity contribution in [3.05, 3.63) is 75.8 Å². The maximum Gasteiger partial charge on any atom is 0.265 e. The second-order valence-electron chi connectivity index (χ2n) is 7.02. The zero-order chi connectivity index (χ0) is 19.7. The van der Waals surface area contributed by atoms with Gasteiger partial charge >= 0.3 is 0 Å². The fraction of sp³-hybridized carbons (Fsp3) is 0.238. The lowest BCUT2D eigenvalue weighted by molar-refractivity contribution is -0.117. The molecule has 0 saturated heterocycles. The molecule has 1 saturated carbocycles. The molecule has 1 aliphatic heterocycles. The number of nitrogens with one attached hydrogen (secondary N) is 1. The van der Waals surface area contributed by atoms with Crippen molar-refractivity contribution in [1.82, 2.24) is 4.90 Å². The molecule has 3 N–H and O–H groups in total. The molecule has 0 spiro atoms. The molecule has 0 bridgehead atoms. The van der Waals surface area contributed by atoms with E-state index in [-0.39, 0.29) is 17.4 Å². The minimum atomic E-state index is -0.387. The summed E-state index contributed by atoms with van der Waals surface area (Å²) in [7, 11) is 0. The van der Waals surface area contributed by atoms with Crippen molar-refractivity contribution >= 4 is 40.9 Å². The SMILES string of the molecule is NC(=O)C1=CSCN1C1(c2ccc(NC(=O)c3cccc(Cl)c3)cc2)CCC1. The number of thioether (sulfide) groups is 1. The summed E-state index contributed by atoms with van der Waals surface area (Å²) in [5.41, 5.74) is 8.32. The molecule has 2 aliphatic rings. The molecule has 1 heterocycles. The molecule has 2 amide bonds. The summed E-state index contributed by atoms with van der Waals surface area (Å²) in [5, 5.41) is 5.27. The fourth-order valence-corrected chi connectivity index (χ4v) is 4.99. The number of carbonyl (C=O) groups is 2. The molecule has 0 radical (unpaired) electrons. The van der Waals surface area contributed by atoms with E-state index < -0.39 is 0 Å². The molecule has 0 unspecified atom stereocenters. The van der Waals surface area contributed by atoms with Gasteiger partial charge < -0.3 is 16.0 Å². The Labute approximate surface area is 172 Å². The number of halogens is 1. The van der Waals surface area contributed by atoms with Gasteiger partial charge in [0, 0.05) is 21.7 Å². The van der Waals surface area contributed by atoms with Gasteiger partial charge in [-0.25, -0.2) is 0 Å². The highest BCUT2D eigenvalue weighted by molar-refractivity contribution is 8.02. The summed E-state index contributed by atoms with van der Waals surface area (Å²) in [6.45, 7) is 0. The highest BCUT2D eigenvalue weighted by Crippen LogP contribution is 2.50. The van der Waals surface area contributed by atoms with Gasteiger partial charge in [-0.15, -0.1) is 11.8 Å². The molecule has 2 aromatic carbocycles. The van der Waals surface area contributed by atoms with Crippen molar-refractivity contribution in [2.45, 2.75) is 24.8 Å². The van der Waals surface area contributed by atoms with Crippen LogP contribution in [0.1, 0.15) is 35.2 Å². The van der Waals surface area contributed by atoms with Crippen LogP contribution in [0.4, 0.5) is 5.69 Å². The lowest BCUT2D eigenvalue weighted by atomic mass is 9.70. The second-order valence-corrected chi connectivity index (χ2v) is 8.28. The van der Waals surface area contributed by atoms with Gasteiger partial charge in [0.05, 0.1) is 11.4 Å². The minimum Gasteiger partial charge on any atom is -0.364 e. The molecular formula is C21H20ClN3O2S. The molecule has 2 aromatic rings. The van der Waals surface area contributed by atoms with E-state index in [4.69, 9.17) is 17.3 Å². The maximum absolute atomic E-state index is 12.4. The highest BCUT2D eigenvalue weighted by atomic mass is 35.5. The third kappa shape index (κ3) is 3.38. The summed E-state index contributed by atoms with van der Waals surface area (Å²) in [6, 6.07) is 14.7. The minimum absolute atomic E-state index is 0.195. The Morgan fingerprint density at radius 3 is 2.50 bits per heavy atom. The van der Waals surface area contributed by atoms with Crippen molar-refractivity contribution in [3.63, 3.8) is 0 Å². The normalized spacial score (nSPS) is 17.6. The molecule has 1 aliphatic carbocycles. The smallest absolute Gasteiger partial charge is 0.265 e. The zero-order valence-electron chi connectivity index (χ0n) is 15.2. The molecule has 5 nitrogen and oxygen atoms in total. The number of hydrogen-bond acceptors (Lipinski definition) is 4. The number of rotatable bonds is 5. The number of anilines is 1. The molecular weight excluding hydrogens is 394 g/mol. The van der Waals surface area contributed by atoms with E-state index in [1.54, 1.807) is 36.0 Å². The van der Waals surface area contributed by atoms with Gasteiger partial charge in [-0.2, -0.15) is 0 Å². The molecule has 7 heteroatoms. The largest absolute Gasteiger partial charge is 0.364 e. The predicted molar refractivity (Wildman–Crippen MR) is 113 cm³/mol. The molecule has 1 fully saturated rings. The predicted octanol–water partition coefficient (Wildman–Crippen LogP) is 4.30. The average Bonchev–Trinajstić information content (AvgIpc) is 3.12. The van der Waals surface area contributed by atoms with Crippen molar-refractivity contribution in [3.8, 4) is 0 Å². The van der Waals surface area contributed by atoms with Crippen LogP contribution in [0.2, 0.25) is 5.02 Å². The van der Waals surface area contributed by atoms with Gasteiger partial charge in [-0.3, -0.25) is 9.59 Å². The highest BCUT2D eigenvalue weighted by Gasteiger charge is 2.46. The van der Waals surface area contributed by atoms with E-state index in [9.17, 15) is 9.59 Å². The molecule has 4 rings (SSSR count). The van der Waals surface area contributed by atoms with Gasteiger partial charge in [-0.05, 0) is 55.2 Å². The molecule has 0 aromatic heterocycles. The van der Waals surface area contributed by atoms with Crippen molar-refractivity contribution in [2.24, 2.45) is 5.73 Å². The number of carbonyl (C=O) groups excluding carboxylic acids is 2. The zero-order valence-corrected chi connectivity index (χ0v) is 16.7. The quantitative estimate of drug-likeness (QED) is 0.766. The van der Waals surface area contributed by atoms with Crippen LogP contribution in [-0.4, -0.2) is 22.6 Å². The Morgan fingerprint density at radius 2 is 1.89 bits per heavy atom. The van der Waals surface area contributed by atoms with E-state index in [2.05, 4.69) is 10.2 Å². The van der Waals surface area contributed by atoms with Gasteiger partial charge in [0.1, 0.15) is 5.70 Å². The number of primary amides is 1. The molecule has 144 valence electrons. The summed E-state index contributed by atoms with van der Waals surface area (Å²) in [4.78, 5) is 26.3. The monoisotopic (exact) mass is 413 g/mol. The van der Waals surface area contributed by atoms with E-state index in [0.717, 1.165) is 30.7 Å². The standard InChI is InChI=1S/C21H20ClN3O2S/c22-16-4-1-3-14(11-16)20(27)24-17-7-5-15(6-8-17)21(9-2-10-21)25-13-28-12-18(25)19(23)26/h1,3-8,11-12H,2,9-10,13H2,(H2,23,26)(H,24,27). The van der Waals surface area contributed by atoms with Gasteiger partial charge in [0.2, 0.25) is 0 Å². The Hall–Kier alpha value is -2.44. The van der Waals surface area contributed by atoms with Crippen molar-refractivity contribution in [1.29, 1.82) is 0 Å². The third-order valence-corrected chi connectivity index (χ3v) is 6.44. The summed E-state index contributed by atoms with van der Waals surface area (Å²) < 4.78 is 0. The fourth-order valence-electron chi connectivity index (χ4n) is 3.79. The van der Waals surface area contributed by atoms with E-state index in [0.29, 0.717) is 22.0 Å². The Balaban J connectivity index is 1.53. The van der Waals surface area contributed by atoms with Gasteiger partial charge in [0.25, 0.3) is 11.8 Å². The van der Waals surface area contributed by atoms with Crippen LogP contribution in [0.5, 0.6) is 0 Å². The van der Waals surface area contributed by atoms with E-state index in [1.807, 2.05) is 29.7 Å².